The van der Waals surface area contributed by atoms with E-state index in [1.54, 1.807) is 21.6 Å². The second-order valence-corrected chi connectivity index (χ2v) is 7.99. The van der Waals surface area contributed by atoms with Crippen LogP contribution in [0.1, 0.15) is 16.1 Å². The number of thiazole rings is 1. The van der Waals surface area contributed by atoms with Gasteiger partial charge in [-0.3, -0.25) is 9.59 Å². The molecule has 0 aliphatic rings. The van der Waals surface area contributed by atoms with Crippen LogP contribution in [0, 0.1) is 0 Å². The van der Waals surface area contributed by atoms with Gasteiger partial charge in [-0.1, -0.05) is 18.2 Å². The van der Waals surface area contributed by atoms with Gasteiger partial charge in [0.05, 0.1) is 11.4 Å². The summed E-state index contributed by atoms with van der Waals surface area (Å²) in [6, 6.07) is 11.4. The second kappa shape index (κ2) is 8.90. The lowest BCUT2D eigenvalue weighted by Crippen LogP contribution is -2.27. The van der Waals surface area contributed by atoms with Crippen LogP contribution in [0.25, 0.3) is 9.88 Å². The van der Waals surface area contributed by atoms with Crippen LogP contribution < -0.4 is 10.6 Å². The predicted molar refractivity (Wildman–Crippen MR) is 110 cm³/mol. The molecule has 6 nitrogen and oxygen atoms in total. The summed E-state index contributed by atoms with van der Waals surface area (Å²) >= 11 is 3.06. The number of thiophene rings is 1. The van der Waals surface area contributed by atoms with E-state index in [9.17, 15) is 9.59 Å². The van der Waals surface area contributed by atoms with Crippen LogP contribution in [0.4, 0.5) is 5.69 Å². The molecule has 3 aromatic rings. The van der Waals surface area contributed by atoms with Crippen molar-refractivity contribution in [3.8, 4) is 9.88 Å². The minimum absolute atomic E-state index is 0.0789. The largest absolute Gasteiger partial charge is 0.347 e. The maximum absolute atomic E-state index is 12.3. The number of amides is 2. The second-order valence-electron chi connectivity index (χ2n) is 6.18. The number of anilines is 1. The van der Waals surface area contributed by atoms with Gasteiger partial charge in [0.15, 0.2) is 0 Å². The third-order valence-electron chi connectivity index (χ3n) is 3.59. The van der Waals surface area contributed by atoms with E-state index < -0.39 is 0 Å². The van der Waals surface area contributed by atoms with E-state index in [0.29, 0.717) is 24.5 Å². The molecule has 27 heavy (non-hydrogen) atoms. The number of nitrogens with zero attached hydrogens (tertiary/aromatic N) is 2. The van der Waals surface area contributed by atoms with Crippen LogP contribution in [0.15, 0.2) is 47.2 Å². The van der Waals surface area contributed by atoms with E-state index in [-0.39, 0.29) is 11.8 Å². The van der Waals surface area contributed by atoms with Gasteiger partial charge < -0.3 is 15.5 Å². The van der Waals surface area contributed by atoms with Crippen molar-refractivity contribution in [1.82, 2.24) is 15.2 Å². The summed E-state index contributed by atoms with van der Waals surface area (Å²) < 4.78 is 0. The van der Waals surface area contributed by atoms with Crippen LogP contribution in [0.3, 0.4) is 0 Å². The van der Waals surface area contributed by atoms with E-state index in [1.165, 1.54) is 11.3 Å². The molecule has 0 spiro atoms. The molecule has 0 saturated heterocycles. The Hall–Kier alpha value is -2.55. The number of nitrogens with one attached hydrogen (secondary N) is 2. The predicted octanol–water partition coefficient (Wildman–Crippen LogP) is 3.30. The molecule has 2 heterocycles. The molecule has 2 amide bonds. The van der Waals surface area contributed by atoms with E-state index in [1.807, 2.05) is 55.9 Å². The number of aromatic nitrogens is 1. The van der Waals surface area contributed by atoms with Crippen LogP contribution in [-0.4, -0.2) is 42.3 Å². The van der Waals surface area contributed by atoms with Crippen molar-refractivity contribution in [2.24, 2.45) is 0 Å². The highest BCUT2D eigenvalue weighted by Crippen LogP contribution is 2.27. The molecule has 0 radical (unpaired) electrons. The zero-order valence-electron chi connectivity index (χ0n) is 15.1. The first-order valence-electron chi connectivity index (χ1n) is 8.32. The van der Waals surface area contributed by atoms with Crippen molar-refractivity contribution < 1.29 is 9.59 Å². The van der Waals surface area contributed by atoms with E-state index in [0.717, 1.165) is 15.4 Å². The van der Waals surface area contributed by atoms with Gasteiger partial charge in [-0.05, 0) is 43.2 Å². The number of rotatable bonds is 7. The van der Waals surface area contributed by atoms with Gasteiger partial charge in [-0.2, -0.15) is 0 Å². The Morgan fingerprint density at radius 2 is 2.00 bits per heavy atom. The number of likely N-dealkylation sites (N-methyl/N-ethyl adjacent to an activating group) is 1. The molecule has 140 valence electrons. The van der Waals surface area contributed by atoms with Gasteiger partial charge in [0.2, 0.25) is 5.91 Å². The number of carbonyl (C=O) groups excluding carboxylic acids is 2. The summed E-state index contributed by atoms with van der Waals surface area (Å²) in [5.74, 6) is -0.291. The fraction of sp³-hybridized carbons (Fsp3) is 0.211. The number of hydrogen-bond acceptors (Lipinski definition) is 6. The average Bonchev–Trinajstić information content (AvgIpc) is 3.30. The molecular formula is C19H20N4O2S2. The Balaban J connectivity index is 1.57. The quantitative estimate of drug-likeness (QED) is 0.638. The lowest BCUT2D eigenvalue weighted by molar-refractivity contribution is -0.116. The standard InChI is InChI=1S/C19H20N4O2S2/c1-23(2)11-17(24)21-14-6-3-5-13(9-14)10-20-18(25)15-12-27-19(22-15)16-7-4-8-26-16/h3-9,12H,10-11H2,1-2H3,(H,20,25)(H,21,24). The molecule has 8 heteroatoms. The summed E-state index contributed by atoms with van der Waals surface area (Å²) in [5, 5.41) is 10.3. The summed E-state index contributed by atoms with van der Waals surface area (Å²) in [6.45, 7) is 0.680. The van der Waals surface area contributed by atoms with Crippen molar-refractivity contribution in [2.45, 2.75) is 6.54 Å². The molecule has 0 fully saturated rings. The Labute approximate surface area is 165 Å². The molecule has 2 aromatic heterocycles. The van der Waals surface area contributed by atoms with E-state index in [2.05, 4.69) is 15.6 Å². The normalized spacial score (nSPS) is 10.8. The molecular weight excluding hydrogens is 380 g/mol. The molecule has 0 aliphatic carbocycles. The summed E-state index contributed by atoms with van der Waals surface area (Å²) in [7, 11) is 3.68. The zero-order chi connectivity index (χ0) is 19.2. The van der Waals surface area contributed by atoms with Crippen LogP contribution in [0.5, 0.6) is 0 Å². The topological polar surface area (TPSA) is 74.3 Å². The first kappa shape index (κ1) is 19.2. The number of carbonyl (C=O) groups is 2. The number of hydrogen-bond donors (Lipinski definition) is 2. The van der Waals surface area contributed by atoms with Gasteiger partial charge in [-0.25, -0.2) is 4.98 Å². The van der Waals surface area contributed by atoms with Gasteiger partial charge in [0.1, 0.15) is 10.7 Å². The highest BCUT2D eigenvalue weighted by molar-refractivity contribution is 7.20. The lowest BCUT2D eigenvalue weighted by Gasteiger charge is -2.11. The van der Waals surface area contributed by atoms with Crippen molar-refractivity contribution in [3.05, 3.63) is 58.4 Å². The lowest BCUT2D eigenvalue weighted by atomic mass is 10.2. The molecule has 0 aliphatic heterocycles. The molecule has 0 saturated carbocycles. The molecule has 2 N–H and O–H groups in total. The van der Waals surface area contributed by atoms with Gasteiger partial charge >= 0.3 is 0 Å². The van der Waals surface area contributed by atoms with Crippen LogP contribution >= 0.6 is 22.7 Å². The maximum Gasteiger partial charge on any atom is 0.271 e. The first-order valence-corrected chi connectivity index (χ1v) is 10.1. The highest BCUT2D eigenvalue weighted by Gasteiger charge is 2.12. The third-order valence-corrected chi connectivity index (χ3v) is 5.47. The summed E-state index contributed by atoms with van der Waals surface area (Å²) in [6.07, 6.45) is 0. The summed E-state index contributed by atoms with van der Waals surface area (Å²) in [5.41, 5.74) is 2.03. The van der Waals surface area contributed by atoms with Gasteiger partial charge in [0.25, 0.3) is 5.91 Å². The SMILES string of the molecule is CN(C)CC(=O)Nc1cccc(CNC(=O)c2csc(-c3cccs3)n2)c1. The highest BCUT2D eigenvalue weighted by atomic mass is 32.1. The summed E-state index contributed by atoms with van der Waals surface area (Å²) in [4.78, 5) is 31.5. The minimum atomic E-state index is -0.212. The minimum Gasteiger partial charge on any atom is -0.347 e. The monoisotopic (exact) mass is 400 g/mol. The average molecular weight is 401 g/mol. The Morgan fingerprint density at radius 1 is 1.15 bits per heavy atom. The van der Waals surface area contributed by atoms with E-state index >= 15 is 0 Å². The van der Waals surface area contributed by atoms with Gasteiger partial charge in [-0.15, -0.1) is 22.7 Å². The molecule has 1 aromatic carbocycles. The molecule has 3 rings (SSSR count). The van der Waals surface area contributed by atoms with Crippen molar-refractivity contribution >= 4 is 40.2 Å². The molecule has 0 bridgehead atoms. The van der Waals surface area contributed by atoms with Crippen molar-refractivity contribution in [3.63, 3.8) is 0 Å². The zero-order valence-corrected chi connectivity index (χ0v) is 16.7. The maximum atomic E-state index is 12.3. The molecule has 0 unspecified atom stereocenters. The smallest absolute Gasteiger partial charge is 0.271 e. The Bertz CT molecular complexity index is 919. The molecule has 0 atom stereocenters. The van der Waals surface area contributed by atoms with Crippen LogP contribution in [0.2, 0.25) is 0 Å². The van der Waals surface area contributed by atoms with Gasteiger partial charge in [0, 0.05) is 17.6 Å². The first-order chi connectivity index (χ1) is 13.0. The fourth-order valence-corrected chi connectivity index (χ4v) is 4.03. The Morgan fingerprint density at radius 3 is 2.74 bits per heavy atom. The third kappa shape index (κ3) is 5.46. The van der Waals surface area contributed by atoms with E-state index in [4.69, 9.17) is 0 Å². The Kier molecular flexibility index (Phi) is 6.33. The van der Waals surface area contributed by atoms with Crippen LogP contribution in [-0.2, 0) is 11.3 Å². The fourth-order valence-electron chi connectivity index (χ4n) is 2.41. The van der Waals surface area contributed by atoms with Crippen molar-refractivity contribution in [1.29, 1.82) is 0 Å². The number of benzene rings is 1. The van der Waals surface area contributed by atoms with Crippen molar-refractivity contribution in [2.75, 3.05) is 26.0 Å².